The molecule has 0 saturated carbocycles. The number of amides is 1. The molecule has 4 rings (SSSR count). The van der Waals surface area contributed by atoms with E-state index in [0.717, 1.165) is 21.3 Å². The van der Waals surface area contributed by atoms with Gasteiger partial charge in [0, 0.05) is 28.0 Å². The highest BCUT2D eigenvalue weighted by atomic mass is 35.5. The number of hydrogen-bond donors (Lipinski definition) is 1. The minimum atomic E-state index is -4.17. The molecular formula is C29H28Cl2N4O5S. The van der Waals surface area contributed by atoms with Crippen molar-refractivity contribution in [2.45, 2.75) is 18.7 Å². The summed E-state index contributed by atoms with van der Waals surface area (Å²) in [5.41, 5.74) is 5.71. The van der Waals surface area contributed by atoms with Gasteiger partial charge in [0.15, 0.2) is 0 Å². The van der Waals surface area contributed by atoms with E-state index >= 15 is 0 Å². The number of carbonyl (C=O) groups is 1. The summed E-state index contributed by atoms with van der Waals surface area (Å²) in [6.45, 7) is 3.22. The van der Waals surface area contributed by atoms with Gasteiger partial charge in [-0.25, -0.2) is 13.8 Å². The van der Waals surface area contributed by atoms with Crippen LogP contribution in [0.4, 0.5) is 5.69 Å². The van der Waals surface area contributed by atoms with Crippen LogP contribution < -0.4 is 19.2 Å². The number of nitrogens with zero attached hydrogens (tertiary/aromatic N) is 3. The normalized spacial score (nSPS) is 11.5. The minimum Gasteiger partial charge on any atom is -0.497 e. The van der Waals surface area contributed by atoms with Gasteiger partial charge in [0.1, 0.15) is 18.0 Å². The lowest BCUT2D eigenvalue weighted by molar-refractivity contribution is -0.119. The molecule has 0 spiro atoms. The van der Waals surface area contributed by atoms with E-state index in [-0.39, 0.29) is 16.3 Å². The first-order valence-corrected chi connectivity index (χ1v) is 14.5. The maximum Gasteiger partial charge on any atom is 0.264 e. The fraction of sp³-hybridized carbons (Fsp3) is 0.172. The Morgan fingerprint density at radius 3 is 2.41 bits per heavy atom. The second-order valence-electron chi connectivity index (χ2n) is 8.91. The summed E-state index contributed by atoms with van der Waals surface area (Å²) in [6, 6.07) is 19.6. The third-order valence-electron chi connectivity index (χ3n) is 6.29. The maximum absolute atomic E-state index is 13.7. The number of carbonyl (C=O) groups excluding carboxylic acids is 1. The van der Waals surface area contributed by atoms with Crippen LogP contribution in [-0.2, 0) is 14.8 Å². The first-order chi connectivity index (χ1) is 19.6. The molecule has 12 heteroatoms. The van der Waals surface area contributed by atoms with E-state index in [4.69, 9.17) is 32.7 Å². The van der Waals surface area contributed by atoms with Crippen molar-refractivity contribution in [1.29, 1.82) is 0 Å². The summed E-state index contributed by atoms with van der Waals surface area (Å²) < 4.78 is 41.0. The number of ether oxygens (including phenoxy) is 2. The van der Waals surface area contributed by atoms with Gasteiger partial charge in [-0.3, -0.25) is 9.10 Å². The van der Waals surface area contributed by atoms with Crippen LogP contribution in [0.15, 0.2) is 82.8 Å². The van der Waals surface area contributed by atoms with Crippen molar-refractivity contribution in [3.8, 4) is 17.2 Å². The predicted octanol–water partition coefficient (Wildman–Crippen LogP) is 5.76. The average molecular weight is 616 g/mol. The number of rotatable bonds is 10. The van der Waals surface area contributed by atoms with Gasteiger partial charge in [-0.15, -0.1) is 0 Å². The molecule has 0 radical (unpaired) electrons. The third-order valence-corrected chi connectivity index (χ3v) is 8.61. The highest BCUT2D eigenvalue weighted by molar-refractivity contribution is 7.92. The van der Waals surface area contributed by atoms with Crippen molar-refractivity contribution in [1.82, 2.24) is 9.99 Å². The van der Waals surface area contributed by atoms with Crippen LogP contribution >= 0.6 is 23.2 Å². The van der Waals surface area contributed by atoms with Crippen molar-refractivity contribution < 1.29 is 22.7 Å². The number of aryl methyl sites for hydroxylation is 1. The first-order valence-electron chi connectivity index (χ1n) is 12.3. The molecule has 0 aliphatic rings. The van der Waals surface area contributed by atoms with Crippen LogP contribution in [0.5, 0.6) is 11.5 Å². The predicted molar refractivity (Wildman–Crippen MR) is 162 cm³/mol. The summed E-state index contributed by atoms with van der Waals surface area (Å²) in [7, 11) is -1.30. The van der Waals surface area contributed by atoms with Crippen LogP contribution in [-0.4, -0.2) is 45.9 Å². The number of hydrogen-bond acceptors (Lipinski definition) is 6. The topological polar surface area (TPSA) is 102 Å². The molecule has 3 aromatic carbocycles. The van der Waals surface area contributed by atoms with Gasteiger partial charge >= 0.3 is 0 Å². The molecule has 41 heavy (non-hydrogen) atoms. The van der Waals surface area contributed by atoms with Crippen LogP contribution in [0.25, 0.3) is 5.69 Å². The third kappa shape index (κ3) is 6.51. The average Bonchev–Trinajstić information content (AvgIpc) is 3.25. The standard InChI is InChI=1S/C29H28Cl2N4O5S/c1-19-14-21(20(2)35(19)26-15-22(30)10-12-25(26)31)17-32-33-29(36)18-34(41(37,38)24-8-6-5-7-9-24)27-16-23(39-3)11-13-28(27)40-4/h5-17H,18H2,1-4H3,(H,33,36)/b32-17+. The summed E-state index contributed by atoms with van der Waals surface area (Å²) in [5.74, 6) is -0.0336. The second kappa shape index (κ2) is 12.7. The molecular weight excluding hydrogens is 587 g/mol. The number of anilines is 1. The van der Waals surface area contributed by atoms with Crippen LogP contribution in [0, 0.1) is 13.8 Å². The van der Waals surface area contributed by atoms with Crippen molar-refractivity contribution in [2.75, 3.05) is 25.1 Å². The van der Waals surface area contributed by atoms with Gasteiger partial charge in [-0.05, 0) is 62.4 Å². The molecule has 0 aliphatic heterocycles. The lowest BCUT2D eigenvalue weighted by atomic mass is 10.2. The zero-order chi connectivity index (χ0) is 29.7. The Balaban J connectivity index is 1.62. The Morgan fingerprint density at radius 1 is 1.00 bits per heavy atom. The summed E-state index contributed by atoms with van der Waals surface area (Å²) >= 11 is 12.6. The smallest absolute Gasteiger partial charge is 0.264 e. The lowest BCUT2D eigenvalue weighted by Gasteiger charge is -2.25. The fourth-order valence-electron chi connectivity index (χ4n) is 4.30. The molecule has 1 N–H and O–H groups in total. The summed E-state index contributed by atoms with van der Waals surface area (Å²) in [5, 5.41) is 5.17. The van der Waals surface area contributed by atoms with E-state index in [1.165, 1.54) is 38.6 Å². The van der Waals surface area contributed by atoms with E-state index in [2.05, 4.69) is 10.5 Å². The quantitative estimate of drug-likeness (QED) is 0.181. The van der Waals surface area contributed by atoms with Gasteiger partial charge in [-0.2, -0.15) is 5.10 Å². The van der Waals surface area contributed by atoms with Gasteiger partial charge < -0.3 is 14.0 Å². The maximum atomic E-state index is 13.7. The van der Waals surface area contributed by atoms with Crippen LogP contribution in [0.1, 0.15) is 17.0 Å². The number of aromatic nitrogens is 1. The SMILES string of the molecule is COc1ccc(OC)c(N(CC(=O)N/N=C/c2cc(C)n(-c3cc(Cl)ccc3Cl)c2C)S(=O)(=O)c2ccccc2)c1. The van der Waals surface area contributed by atoms with Crippen LogP contribution in [0.3, 0.4) is 0 Å². The van der Waals surface area contributed by atoms with Crippen molar-refractivity contribution in [3.63, 3.8) is 0 Å². The Bertz CT molecular complexity index is 1710. The number of methoxy groups -OCH3 is 2. The highest BCUT2D eigenvalue weighted by Crippen LogP contribution is 2.35. The molecule has 1 aromatic heterocycles. The Kier molecular flexibility index (Phi) is 9.27. The van der Waals surface area contributed by atoms with E-state index in [1.807, 2.05) is 24.5 Å². The largest absolute Gasteiger partial charge is 0.497 e. The monoisotopic (exact) mass is 614 g/mol. The molecule has 0 atom stereocenters. The summed E-state index contributed by atoms with van der Waals surface area (Å²) in [6.07, 6.45) is 1.48. The number of sulfonamides is 1. The first kappa shape index (κ1) is 30.0. The van der Waals surface area contributed by atoms with Gasteiger partial charge in [0.2, 0.25) is 0 Å². The second-order valence-corrected chi connectivity index (χ2v) is 11.6. The van der Waals surface area contributed by atoms with Gasteiger partial charge in [0.25, 0.3) is 15.9 Å². The van der Waals surface area contributed by atoms with E-state index in [1.54, 1.807) is 48.5 Å². The minimum absolute atomic E-state index is 0.00768. The molecule has 0 saturated heterocycles. The molecule has 0 unspecified atom stereocenters. The highest BCUT2D eigenvalue weighted by Gasteiger charge is 2.30. The molecule has 0 fully saturated rings. The number of hydrazone groups is 1. The Hall–Kier alpha value is -3.99. The van der Waals surface area contributed by atoms with Gasteiger partial charge in [-0.1, -0.05) is 41.4 Å². The van der Waals surface area contributed by atoms with Gasteiger partial charge in [0.05, 0.1) is 41.7 Å². The van der Waals surface area contributed by atoms with E-state index < -0.39 is 22.5 Å². The molecule has 1 heterocycles. The number of benzene rings is 3. The van der Waals surface area contributed by atoms with Crippen molar-refractivity contribution >= 4 is 51.0 Å². The Labute approximate surface area is 249 Å². The molecule has 9 nitrogen and oxygen atoms in total. The fourth-order valence-corrected chi connectivity index (χ4v) is 6.11. The van der Waals surface area contributed by atoms with E-state index in [0.29, 0.717) is 21.5 Å². The Morgan fingerprint density at radius 2 is 1.73 bits per heavy atom. The molecule has 214 valence electrons. The van der Waals surface area contributed by atoms with Crippen LogP contribution in [0.2, 0.25) is 10.0 Å². The molecule has 0 aliphatic carbocycles. The lowest BCUT2D eigenvalue weighted by Crippen LogP contribution is -2.39. The molecule has 1 amide bonds. The molecule has 4 aromatic rings. The van der Waals surface area contributed by atoms with Crippen molar-refractivity contribution in [2.24, 2.45) is 5.10 Å². The number of nitrogens with one attached hydrogen (secondary N) is 1. The van der Waals surface area contributed by atoms with E-state index in [9.17, 15) is 13.2 Å². The zero-order valence-electron chi connectivity index (χ0n) is 22.8. The zero-order valence-corrected chi connectivity index (χ0v) is 25.1. The number of halogens is 2. The summed E-state index contributed by atoms with van der Waals surface area (Å²) in [4.78, 5) is 13.1. The van der Waals surface area contributed by atoms with Crippen molar-refractivity contribution in [3.05, 3.63) is 99.8 Å². The molecule has 0 bridgehead atoms.